The van der Waals surface area contributed by atoms with Crippen molar-refractivity contribution in [1.29, 1.82) is 5.26 Å². The highest BCUT2D eigenvalue weighted by atomic mass is 35.5. The number of nitrogens with two attached hydrogens (primary N) is 1. The van der Waals surface area contributed by atoms with Gasteiger partial charge >= 0.3 is 5.97 Å². The van der Waals surface area contributed by atoms with Crippen LogP contribution in [0.4, 0.5) is 14.5 Å². The van der Waals surface area contributed by atoms with E-state index < -0.39 is 87.4 Å². The van der Waals surface area contributed by atoms with Gasteiger partial charge < -0.3 is 25.5 Å². The number of aliphatic carboxylic acids is 1. The maximum absolute atomic E-state index is 13.9. The molecule has 2 saturated heterocycles. The SMILES string of the molecule is CN1CCN(c2ccc(S(=O)(=O)[C@@H]3C[C@@H](C(=O)N4CC(F)(F)C4)[C@](C(=O)O)(C4CC4(C#N)C(N)=O)C3)c(Cl)c2)CC1. The van der Waals surface area contributed by atoms with E-state index in [4.69, 9.17) is 17.3 Å². The van der Waals surface area contributed by atoms with E-state index in [1.807, 2.05) is 7.05 Å². The van der Waals surface area contributed by atoms with Crippen LogP contribution in [0.25, 0.3) is 0 Å². The third kappa shape index (κ3) is 4.62. The maximum atomic E-state index is 13.9. The molecule has 2 unspecified atom stereocenters. The summed E-state index contributed by atoms with van der Waals surface area (Å²) in [6.45, 7) is 1.18. The number of amides is 2. The van der Waals surface area contributed by atoms with Gasteiger partial charge in [0.2, 0.25) is 11.8 Å². The monoisotopic (exact) mass is 613 g/mol. The third-order valence-corrected chi connectivity index (χ3v) is 11.9. The van der Waals surface area contributed by atoms with Crippen molar-refractivity contribution < 1.29 is 36.7 Å². The van der Waals surface area contributed by atoms with Crippen molar-refractivity contribution in [3.8, 4) is 6.07 Å². The predicted octanol–water partition coefficient (Wildman–Crippen LogP) is 1.21. The van der Waals surface area contributed by atoms with Crippen molar-refractivity contribution in [2.45, 2.75) is 35.3 Å². The fourth-order valence-corrected chi connectivity index (χ4v) is 9.18. The molecular weight excluding hydrogens is 584 g/mol. The largest absolute Gasteiger partial charge is 0.481 e. The summed E-state index contributed by atoms with van der Waals surface area (Å²) in [5, 5.41) is 18.7. The molecule has 222 valence electrons. The number of carboxylic acid groups (broad SMARTS) is 1. The van der Waals surface area contributed by atoms with E-state index in [1.54, 1.807) is 12.1 Å². The number of likely N-dealkylation sites (N-methyl/N-ethyl adjacent to an activating group) is 1. The van der Waals surface area contributed by atoms with E-state index in [9.17, 15) is 42.0 Å². The molecule has 3 N–H and O–H groups in total. The van der Waals surface area contributed by atoms with Crippen molar-refractivity contribution in [2.75, 3.05) is 51.2 Å². The van der Waals surface area contributed by atoms with Gasteiger partial charge in [-0.2, -0.15) is 5.26 Å². The first-order valence-corrected chi connectivity index (χ1v) is 15.1. The average molecular weight is 614 g/mol. The van der Waals surface area contributed by atoms with E-state index >= 15 is 0 Å². The number of anilines is 1. The van der Waals surface area contributed by atoms with Crippen LogP contribution in [-0.4, -0.2) is 98.6 Å². The minimum atomic E-state index is -4.34. The minimum Gasteiger partial charge on any atom is -0.481 e. The Morgan fingerprint density at radius 1 is 1.15 bits per heavy atom. The summed E-state index contributed by atoms with van der Waals surface area (Å²) in [4.78, 5) is 43.3. The number of halogens is 3. The summed E-state index contributed by atoms with van der Waals surface area (Å²) in [6, 6.07) is 6.25. The van der Waals surface area contributed by atoms with Crippen LogP contribution in [-0.2, 0) is 24.2 Å². The number of sulfone groups is 1. The highest BCUT2D eigenvalue weighted by Gasteiger charge is 2.76. The molecule has 4 aliphatic rings. The first-order valence-electron chi connectivity index (χ1n) is 13.2. The molecular formula is C26H30ClF2N5O6S. The molecule has 5 rings (SSSR count). The van der Waals surface area contributed by atoms with E-state index in [0.717, 1.165) is 23.7 Å². The molecule has 15 heteroatoms. The summed E-state index contributed by atoms with van der Waals surface area (Å²) in [5.41, 5.74) is 2.07. The predicted molar refractivity (Wildman–Crippen MR) is 142 cm³/mol. The zero-order valence-corrected chi connectivity index (χ0v) is 23.8. The fraction of sp³-hybridized carbons (Fsp3) is 0.615. The Bertz CT molecular complexity index is 1450. The number of hydrogen-bond donors (Lipinski definition) is 2. The van der Waals surface area contributed by atoms with Gasteiger partial charge in [-0.15, -0.1) is 0 Å². The van der Waals surface area contributed by atoms with E-state index in [1.165, 1.54) is 12.1 Å². The van der Waals surface area contributed by atoms with Gasteiger partial charge in [0.15, 0.2) is 9.84 Å². The van der Waals surface area contributed by atoms with Gasteiger partial charge in [-0.25, -0.2) is 17.2 Å². The Kier molecular flexibility index (Phi) is 7.03. The molecule has 2 aliphatic carbocycles. The molecule has 2 amide bonds. The van der Waals surface area contributed by atoms with Crippen LogP contribution in [0.1, 0.15) is 19.3 Å². The van der Waals surface area contributed by atoms with E-state index in [0.29, 0.717) is 13.1 Å². The Balaban J connectivity index is 1.50. The van der Waals surface area contributed by atoms with E-state index in [2.05, 4.69) is 9.80 Å². The second-order valence-electron chi connectivity index (χ2n) is 11.7. The van der Waals surface area contributed by atoms with Crippen molar-refractivity contribution >= 4 is 44.9 Å². The Morgan fingerprint density at radius 3 is 2.27 bits per heavy atom. The number of rotatable bonds is 7. The second kappa shape index (κ2) is 9.78. The van der Waals surface area contributed by atoms with Crippen molar-refractivity contribution in [3.05, 3.63) is 23.2 Å². The molecule has 0 aromatic heterocycles. The first kappa shape index (κ1) is 29.5. The number of nitrogens with zero attached hydrogens (tertiary/aromatic N) is 4. The molecule has 4 fully saturated rings. The molecule has 2 saturated carbocycles. The number of alkyl halides is 2. The number of likely N-dealkylation sites (tertiary alicyclic amines) is 1. The van der Waals surface area contributed by atoms with Gasteiger partial charge in [0.05, 0.1) is 45.7 Å². The molecule has 0 bridgehead atoms. The van der Waals surface area contributed by atoms with Gasteiger partial charge in [0.25, 0.3) is 5.92 Å². The van der Waals surface area contributed by atoms with Crippen LogP contribution in [0.15, 0.2) is 23.1 Å². The quantitative estimate of drug-likeness (QED) is 0.460. The van der Waals surface area contributed by atoms with Gasteiger partial charge in [-0.3, -0.25) is 14.4 Å². The number of carbonyl (C=O) groups is 3. The number of piperazine rings is 1. The smallest absolute Gasteiger partial charge is 0.310 e. The second-order valence-corrected chi connectivity index (χ2v) is 14.3. The highest BCUT2D eigenvalue weighted by molar-refractivity contribution is 7.92. The first-order chi connectivity index (χ1) is 19.1. The number of benzene rings is 1. The van der Waals surface area contributed by atoms with Crippen LogP contribution < -0.4 is 10.6 Å². The minimum absolute atomic E-state index is 0.0746. The Morgan fingerprint density at radius 2 is 1.78 bits per heavy atom. The van der Waals surface area contributed by atoms with Gasteiger partial charge in [0.1, 0.15) is 5.41 Å². The van der Waals surface area contributed by atoms with E-state index in [-0.39, 0.29) is 16.3 Å². The third-order valence-electron chi connectivity index (χ3n) is 9.29. The van der Waals surface area contributed by atoms with Crippen molar-refractivity contribution in [1.82, 2.24) is 9.80 Å². The number of carboxylic acids is 1. The lowest BCUT2D eigenvalue weighted by Crippen LogP contribution is -2.61. The molecule has 2 heterocycles. The normalized spacial score (nSPS) is 33.1. The lowest BCUT2D eigenvalue weighted by atomic mass is 9.70. The summed E-state index contributed by atoms with van der Waals surface area (Å²) < 4.78 is 55.1. The number of hydrogen-bond acceptors (Lipinski definition) is 8. The van der Waals surface area contributed by atoms with Crippen molar-refractivity contribution in [3.63, 3.8) is 0 Å². The van der Waals surface area contributed by atoms with Gasteiger partial charge in [0, 0.05) is 37.8 Å². The summed E-state index contributed by atoms with van der Waals surface area (Å²) in [7, 11) is -2.35. The zero-order valence-electron chi connectivity index (χ0n) is 22.2. The molecule has 41 heavy (non-hydrogen) atoms. The van der Waals surface area contributed by atoms with Crippen LogP contribution >= 0.6 is 11.6 Å². The Hall–Kier alpha value is -3.02. The fourth-order valence-electron chi connectivity index (χ4n) is 6.79. The summed E-state index contributed by atoms with van der Waals surface area (Å²) >= 11 is 6.48. The number of nitriles is 1. The molecule has 2 aliphatic heterocycles. The molecule has 1 aromatic carbocycles. The molecule has 5 atom stereocenters. The zero-order chi connectivity index (χ0) is 30.1. The molecule has 0 spiro atoms. The van der Waals surface area contributed by atoms with Crippen LogP contribution in [0.5, 0.6) is 0 Å². The standard InChI is InChI=1S/C26H30ClF2N5O6S/c1-32-4-6-33(7-5-32)15-2-3-19(18(27)8-15)41(39,40)16-9-17(21(35)34-13-25(28,29)14-34)26(10-16,23(37)38)20-11-24(20,12-30)22(31)36/h2-3,8,16-17,20H,4-7,9-11,13-14H2,1H3,(H2,31,36)(H,37,38)/t16-,17+,20?,24?,26+/m1/s1. The lowest BCUT2D eigenvalue weighted by molar-refractivity contribution is -0.177. The number of primary amides is 1. The summed E-state index contributed by atoms with van der Waals surface area (Å²) in [6.07, 6.45) is -1.38. The van der Waals surface area contributed by atoms with Crippen LogP contribution in [0.2, 0.25) is 5.02 Å². The van der Waals surface area contributed by atoms with Gasteiger partial charge in [-0.05, 0) is 44.5 Å². The highest BCUT2D eigenvalue weighted by Crippen LogP contribution is 2.68. The lowest BCUT2D eigenvalue weighted by Gasteiger charge is -2.42. The molecule has 0 radical (unpaired) electrons. The summed E-state index contributed by atoms with van der Waals surface area (Å²) in [5.74, 6) is -9.59. The topological polar surface area (TPSA) is 165 Å². The maximum Gasteiger partial charge on any atom is 0.310 e. The van der Waals surface area contributed by atoms with Crippen LogP contribution in [0.3, 0.4) is 0 Å². The average Bonchev–Trinajstić information content (AvgIpc) is 3.51. The number of carbonyl (C=O) groups excluding carboxylic acids is 2. The van der Waals surface area contributed by atoms with Crippen molar-refractivity contribution in [2.24, 2.45) is 28.4 Å². The molecule has 11 nitrogen and oxygen atoms in total. The van der Waals surface area contributed by atoms with Gasteiger partial charge in [-0.1, -0.05) is 11.6 Å². The molecule has 1 aromatic rings. The Labute approximate surface area is 240 Å². The van der Waals surface area contributed by atoms with Crippen LogP contribution in [0, 0.1) is 34.0 Å².